The van der Waals surface area contributed by atoms with E-state index in [1.165, 1.54) is 0 Å². The summed E-state index contributed by atoms with van der Waals surface area (Å²) >= 11 is 0. The lowest BCUT2D eigenvalue weighted by Crippen LogP contribution is -2.12. The number of rotatable bonds is 3. The lowest BCUT2D eigenvalue weighted by Gasteiger charge is -2.08. The Balaban J connectivity index is 2.19. The number of aromatic nitrogens is 4. The minimum Gasteiger partial charge on any atom is -0.366 e. The molecule has 1 aromatic heterocycles. The summed E-state index contributed by atoms with van der Waals surface area (Å²) in [5.41, 5.74) is 8.32. The topological polar surface area (TPSA) is 97.5 Å². The molecular formula is C14H11N5O. The molecule has 98 valence electrons. The van der Waals surface area contributed by atoms with Crippen LogP contribution in [0, 0.1) is 0 Å². The zero-order chi connectivity index (χ0) is 13.9. The Labute approximate surface area is 114 Å². The second-order valence-corrected chi connectivity index (χ2v) is 4.23. The van der Waals surface area contributed by atoms with Crippen molar-refractivity contribution in [1.82, 2.24) is 20.6 Å². The molecule has 3 rings (SSSR count). The quantitative estimate of drug-likeness (QED) is 0.752. The van der Waals surface area contributed by atoms with Crippen LogP contribution in [0.15, 0.2) is 48.5 Å². The van der Waals surface area contributed by atoms with E-state index in [-0.39, 0.29) is 0 Å². The third-order valence-corrected chi connectivity index (χ3v) is 2.97. The molecule has 0 radical (unpaired) electrons. The highest BCUT2D eigenvalue weighted by atomic mass is 16.1. The van der Waals surface area contributed by atoms with Gasteiger partial charge in [-0.15, -0.1) is 10.2 Å². The molecule has 0 atom stereocenters. The van der Waals surface area contributed by atoms with E-state index in [4.69, 9.17) is 5.73 Å². The standard InChI is InChI=1S/C14H11N5O/c15-13(20)11-7-6-10(14-16-18-19-17-14)8-12(11)9-4-2-1-3-5-9/h1-8H,(H2,15,20)(H,16,17,18,19). The fraction of sp³-hybridized carbons (Fsp3) is 0. The van der Waals surface area contributed by atoms with Crippen molar-refractivity contribution in [2.75, 3.05) is 0 Å². The second-order valence-electron chi connectivity index (χ2n) is 4.23. The normalized spacial score (nSPS) is 10.4. The molecule has 6 heteroatoms. The number of H-pyrrole nitrogens is 1. The first kappa shape index (κ1) is 12.0. The van der Waals surface area contributed by atoms with Crippen LogP contribution in [0.1, 0.15) is 10.4 Å². The molecule has 0 aliphatic rings. The molecule has 3 N–H and O–H groups in total. The lowest BCUT2D eigenvalue weighted by atomic mass is 9.96. The Morgan fingerprint density at radius 1 is 1.05 bits per heavy atom. The highest BCUT2D eigenvalue weighted by Gasteiger charge is 2.13. The first-order chi connectivity index (χ1) is 9.75. The maximum Gasteiger partial charge on any atom is 0.249 e. The number of carbonyl (C=O) groups excluding carboxylic acids is 1. The van der Waals surface area contributed by atoms with Crippen molar-refractivity contribution in [1.29, 1.82) is 0 Å². The van der Waals surface area contributed by atoms with Gasteiger partial charge in [0.25, 0.3) is 0 Å². The monoisotopic (exact) mass is 265 g/mol. The van der Waals surface area contributed by atoms with Gasteiger partial charge in [-0.2, -0.15) is 5.21 Å². The van der Waals surface area contributed by atoms with Crippen molar-refractivity contribution in [3.05, 3.63) is 54.1 Å². The van der Waals surface area contributed by atoms with E-state index in [1.54, 1.807) is 12.1 Å². The van der Waals surface area contributed by atoms with Gasteiger partial charge in [0.2, 0.25) is 11.7 Å². The number of primary amides is 1. The molecule has 1 heterocycles. The third kappa shape index (κ3) is 2.14. The Morgan fingerprint density at radius 3 is 2.50 bits per heavy atom. The Bertz CT molecular complexity index is 738. The number of nitrogens with zero attached hydrogens (tertiary/aromatic N) is 3. The first-order valence-electron chi connectivity index (χ1n) is 5.99. The minimum absolute atomic E-state index is 0.462. The van der Waals surface area contributed by atoms with Crippen LogP contribution in [0.2, 0.25) is 0 Å². The lowest BCUT2D eigenvalue weighted by molar-refractivity contribution is 0.100. The summed E-state index contributed by atoms with van der Waals surface area (Å²) in [5.74, 6) is 0.00159. The summed E-state index contributed by atoms with van der Waals surface area (Å²) in [6, 6.07) is 14.8. The van der Waals surface area contributed by atoms with Gasteiger partial charge in [0.15, 0.2) is 0 Å². The molecule has 2 aromatic carbocycles. The molecule has 0 bridgehead atoms. The van der Waals surface area contributed by atoms with Crippen molar-refractivity contribution in [3.63, 3.8) is 0 Å². The minimum atomic E-state index is -0.469. The predicted molar refractivity (Wildman–Crippen MR) is 73.6 cm³/mol. The average Bonchev–Trinajstić information content (AvgIpc) is 3.02. The molecule has 6 nitrogen and oxygen atoms in total. The predicted octanol–water partition coefficient (Wildman–Crippen LogP) is 1.63. The second kappa shape index (κ2) is 4.93. The zero-order valence-corrected chi connectivity index (χ0v) is 10.4. The van der Waals surface area contributed by atoms with E-state index in [0.717, 1.165) is 16.7 Å². The number of tetrazole rings is 1. The Morgan fingerprint density at radius 2 is 1.85 bits per heavy atom. The number of benzene rings is 2. The van der Waals surface area contributed by atoms with E-state index >= 15 is 0 Å². The van der Waals surface area contributed by atoms with E-state index < -0.39 is 5.91 Å². The Kier molecular flexibility index (Phi) is 2.96. The van der Waals surface area contributed by atoms with Crippen molar-refractivity contribution < 1.29 is 4.79 Å². The molecule has 0 unspecified atom stereocenters. The highest BCUT2D eigenvalue weighted by molar-refractivity contribution is 6.00. The fourth-order valence-electron chi connectivity index (χ4n) is 2.04. The summed E-state index contributed by atoms with van der Waals surface area (Å²) in [5, 5.41) is 13.8. The van der Waals surface area contributed by atoms with Crippen LogP contribution in [-0.2, 0) is 0 Å². The van der Waals surface area contributed by atoms with Crippen LogP contribution in [0.25, 0.3) is 22.5 Å². The van der Waals surface area contributed by atoms with Crippen molar-refractivity contribution in [3.8, 4) is 22.5 Å². The number of nitrogens with two attached hydrogens (primary N) is 1. The summed E-state index contributed by atoms with van der Waals surface area (Å²) in [7, 11) is 0. The van der Waals surface area contributed by atoms with Crippen molar-refractivity contribution >= 4 is 5.91 Å². The van der Waals surface area contributed by atoms with Gasteiger partial charge < -0.3 is 5.73 Å². The largest absolute Gasteiger partial charge is 0.366 e. The van der Waals surface area contributed by atoms with Gasteiger partial charge in [0.1, 0.15) is 0 Å². The van der Waals surface area contributed by atoms with Crippen molar-refractivity contribution in [2.24, 2.45) is 5.73 Å². The van der Waals surface area contributed by atoms with Gasteiger partial charge in [-0.05, 0) is 28.5 Å². The molecule has 0 spiro atoms. The number of hydrogen-bond acceptors (Lipinski definition) is 4. The third-order valence-electron chi connectivity index (χ3n) is 2.97. The summed E-state index contributed by atoms with van der Waals surface area (Å²) in [6.45, 7) is 0. The molecule has 0 fully saturated rings. The number of nitrogens with one attached hydrogen (secondary N) is 1. The highest BCUT2D eigenvalue weighted by Crippen LogP contribution is 2.27. The maximum atomic E-state index is 11.6. The van der Waals surface area contributed by atoms with Crippen molar-refractivity contribution in [2.45, 2.75) is 0 Å². The van der Waals surface area contributed by atoms with Crippen LogP contribution in [0.5, 0.6) is 0 Å². The first-order valence-corrected chi connectivity index (χ1v) is 5.99. The van der Waals surface area contributed by atoms with Gasteiger partial charge in [-0.25, -0.2) is 0 Å². The molecule has 20 heavy (non-hydrogen) atoms. The van der Waals surface area contributed by atoms with Crippen LogP contribution >= 0.6 is 0 Å². The van der Waals surface area contributed by atoms with E-state index in [1.807, 2.05) is 36.4 Å². The average molecular weight is 265 g/mol. The number of carbonyl (C=O) groups is 1. The summed E-state index contributed by atoms with van der Waals surface area (Å²) < 4.78 is 0. The van der Waals surface area contributed by atoms with E-state index in [9.17, 15) is 4.79 Å². The maximum absolute atomic E-state index is 11.6. The van der Waals surface area contributed by atoms with Gasteiger partial charge in [0.05, 0.1) is 0 Å². The van der Waals surface area contributed by atoms with Crippen LogP contribution in [-0.4, -0.2) is 26.5 Å². The van der Waals surface area contributed by atoms with Crippen LogP contribution in [0.3, 0.4) is 0 Å². The number of hydrogen-bond donors (Lipinski definition) is 2. The fourth-order valence-corrected chi connectivity index (χ4v) is 2.04. The molecule has 3 aromatic rings. The molecule has 0 saturated heterocycles. The molecule has 0 aliphatic carbocycles. The van der Waals surface area contributed by atoms with Crippen LogP contribution in [0.4, 0.5) is 0 Å². The molecule has 1 amide bonds. The van der Waals surface area contributed by atoms with E-state index in [0.29, 0.717) is 11.4 Å². The molecule has 0 saturated carbocycles. The summed E-state index contributed by atoms with van der Waals surface area (Å²) in [4.78, 5) is 11.6. The molecule has 0 aliphatic heterocycles. The van der Waals surface area contributed by atoms with E-state index in [2.05, 4.69) is 20.6 Å². The Hall–Kier alpha value is -3.02. The molecular weight excluding hydrogens is 254 g/mol. The van der Waals surface area contributed by atoms with Gasteiger partial charge in [0, 0.05) is 11.1 Å². The van der Waals surface area contributed by atoms with Crippen LogP contribution < -0.4 is 5.73 Å². The smallest absolute Gasteiger partial charge is 0.249 e. The summed E-state index contributed by atoms with van der Waals surface area (Å²) in [6.07, 6.45) is 0. The SMILES string of the molecule is NC(=O)c1ccc(-c2nn[nH]n2)cc1-c1ccccc1. The van der Waals surface area contributed by atoms with Gasteiger partial charge in [-0.3, -0.25) is 4.79 Å². The van der Waals surface area contributed by atoms with Gasteiger partial charge >= 0.3 is 0 Å². The zero-order valence-electron chi connectivity index (χ0n) is 10.4. The number of aromatic amines is 1. The number of amides is 1. The van der Waals surface area contributed by atoms with Gasteiger partial charge in [-0.1, -0.05) is 36.4 Å².